The zero-order valence-corrected chi connectivity index (χ0v) is 76.5. The maximum atomic E-state index is 14.3. The van der Waals surface area contributed by atoms with Gasteiger partial charge >= 0.3 is 0 Å². The predicted molar refractivity (Wildman–Crippen MR) is 585 cm³/mol. The molecule has 0 saturated heterocycles. The van der Waals surface area contributed by atoms with Crippen LogP contribution in [0.15, 0.2) is 485 Å². The van der Waals surface area contributed by atoms with E-state index < -0.39 is 0 Å². The van der Waals surface area contributed by atoms with E-state index in [1.54, 1.807) is 0 Å². The Labute approximate surface area is 814 Å². The van der Waals surface area contributed by atoms with Crippen molar-refractivity contribution in [2.45, 2.75) is 0 Å². The van der Waals surface area contributed by atoms with Crippen LogP contribution in [-0.2, 0) is 0 Å². The topological polar surface area (TPSA) is 0 Å². The number of hydrogen-bond donors (Lipinski definition) is 0. The van der Waals surface area contributed by atoms with E-state index in [0.717, 1.165) is 220 Å². The van der Waals surface area contributed by atoms with Gasteiger partial charge in [-0.25, -0.2) is 26.3 Å². The van der Waals surface area contributed by atoms with Crippen LogP contribution in [0.1, 0.15) is 0 Å². The van der Waals surface area contributed by atoms with E-state index in [4.69, 9.17) is 0 Å². The van der Waals surface area contributed by atoms with Gasteiger partial charge in [0, 0.05) is 0 Å². The van der Waals surface area contributed by atoms with Crippen molar-refractivity contribution in [2.75, 3.05) is 0 Å². The van der Waals surface area contributed by atoms with Crippen molar-refractivity contribution >= 4 is 140 Å². The summed E-state index contributed by atoms with van der Waals surface area (Å²) in [6.45, 7) is 0. The molecule has 0 atom stereocenters. The van der Waals surface area contributed by atoms with Crippen molar-refractivity contribution < 1.29 is 26.3 Å². The molecule has 0 aliphatic carbocycles. The van der Waals surface area contributed by atoms with Crippen molar-refractivity contribution in [2.24, 2.45) is 0 Å². The molecule has 0 unspecified atom stereocenters. The summed E-state index contributed by atoms with van der Waals surface area (Å²) in [6.07, 6.45) is 0. The highest BCUT2D eigenvalue weighted by Crippen LogP contribution is 2.55. The zero-order valence-electron chi connectivity index (χ0n) is 76.5. The molecule has 0 bridgehead atoms. The van der Waals surface area contributed by atoms with Crippen LogP contribution >= 0.6 is 0 Å². The summed E-state index contributed by atoms with van der Waals surface area (Å²) >= 11 is 0. The second kappa shape index (κ2) is 34.6. The molecule has 666 valence electrons. The van der Waals surface area contributed by atoms with Gasteiger partial charge in [0.15, 0.2) is 0 Å². The first-order chi connectivity index (χ1) is 69.9. The van der Waals surface area contributed by atoms with Crippen LogP contribution in [0.2, 0.25) is 0 Å². The minimum absolute atomic E-state index is 0.254. The number of fused-ring (bicyclic) bond motifs is 4. The third-order valence-electron chi connectivity index (χ3n) is 29.1. The summed E-state index contributed by atoms with van der Waals surface area (Å²) in [6, 6.07) is 162. The van der Waals surface area contributed by atoms with Crippen molar-refractivity contribution in [3.05, 3.63) is 520 Å². The fourth-order valence-electron chi connectivity index (χ4n) is 22.5. The molecule has 28 aromatic carbocycles. The van der Waals surface area contributed by atoms with Crippen LogP contribution in [0.25, 0.3) is 274 Å². The quantitative estimate of drug-likeness (QED) is 0.0845. The standard InChI is InChI=1S/2C48H28F2.C40H24F2/c49-33-19-15-31(16-20-33)43-27-45(37-13-5-9-29-7-1-3-11-35(29)37)41-25-23-40-44(32-17-21-34(50)22-18-32)28-46(42-26-24-39(43)47(41)48(40)42)38-14-6-10-30-8-2-4-12-36(30)38;49-37-17-13-31(14-18-37)43-27-45(35-11-9-29-5-1-3-7-33(29)25-35)41-23-21-40-44(32-15-19-38(50)20-16-32)28-46(42-24-22-39(43)47(41)48(40)42)36-12-10-30-6-2-4-8-34(30)26-36;41-29-15-11-27(12-16-29)37-23-35(25-7-3-1-4-8-25)31-19-21-34-38(28-13-17-30(42)18-14-28)24-36(26-9-5-2-6-10-26)32-20-22-33(37)39(31)40(32)34/h2*1-28H;1-24H. The van der Waals surface area contributed by atoms with Gasteiger partial charge in [-0.1, -0.05) is 364 Å². The second-order valence-corrected chi connectivity index (χ2v) is 37.0. The lowest BCUT2D eigenvalue weighted by Crippen LogP contribution is -1.95. The number of benzene rings is 28. The SMILES string of the molecule is Fc1ccc(-c2cc(-c3ccc4ccccc4c3)c3ccc4c(-c5ccc(F)cc5)cc(-c5ccc6ccccc6c5)c5ccc2c3c45)cc1.Fc1ccc(-c2cc(-c3cccc4ccccc34)c3ccc4c(-c5ccc(F)cc5)cc(-c5cccc6ccccc56)c5ccc2c3c45)cc1.Fc1ccc(-c2cc(-c3ccccc3)c3ccc4c(-c5ccc(F)cc5)cc(-c5ccccc5)c5ccc2c3c54)cc1. The summed E-state index contributed by atoms with van der Waals surface area (Å²) < 4.78 is 85.1. The second-order valence-electron chi connectivity index (χ2n) is 37.0. The Morgan fingerprint density at radius 1 is 0.0915 bits per heavy atom. The number of halogens is 6. The van der Waals surface area contributed by atoms with Crippen molar-refractivity contribution in [3.63, 3.8) is 0 Å². The summed E-state index contributed by atoms with van der Waals surface area (Å²) in [7, 11) is 0. The Kier molecular flexibility index (Phi) is 20.5. The fraction of sp³-hybridized carbons (Fsp3) is 0. The van der Waals surface area contributed by atoms with Gasteiger partial charge in [0.25, 0.3) is 0 Å². The molecule has 0 radical (unpaired) electrons. The summed E-state index contributed by atoms with van der Waals surface area (Å²) in [4.78, 5) is 0. The van der Waals surface area contributed by atoms with Crippen LogP contribution in [-0.4, -0.2) is 0 Å². The lowest BCUT2D eigenvalue weighted by Gasteiger charge is -2.22. The Hall–Kier alpha value is -18.1. The smallest absolute Gasteiger partial charge is 0.123 e. The molecule has 0 nitrogen and oxygen atoms in total. The first-order valence-corrected chi connectivity index (χ1v) is 47.8. The van der Waals surface area contributed by atoms with Gasteiger partial charge in [-0.05, 0) is 395 Å². The van der Waals surface area contributed by atoms with Crippen LogP contribution in [0, 0.1) is 34.9 Å². The molecule has 0 fully saturated rings. The van der Waals surface area contributed by atoms with Crippen molar-refractivity contribution in [1.29, 1.82) is 0 Å². The lowest BCUT2D eigenvalue weighted by molar-refractivity contribution is 0.627. The van der Waals surface area contributed by atoms with Gasteiger partial charge in [-0.3, -0.25) is 0 Å². The molecule has 28 aromatic rings. The Balaban J connectivity index is 0.000000110. The average Bonchev–Trinajstić information content (AvgIpc) is 0.711. The molecule has 0 aliphatic rings. The first kappa shape index (κ1) is 84.4. The summed E-state index contributed by atoms with van der Waals surface area (Å²) in [5.41, 5.74) is 25.6. The van der Waals surface area contributed by atoms with Gasteiger partial charge in [-0.2, -0.15) is 0 Å². The Morgan fingerprint density at radius 2 is 0.268 bits per heavy atom. The third-order valence-corrected chi connectivity index (χ3v) is 29.1. The molecule has 142 heavy (non-hydrogen) atoms. The van der Waals surface area contributed by atoms with E-state index in [1.165, 1.54) is 127 Å². The molecule has 0 N–H and O–H groups in total. The molecular formula is C136H80F6. The van der Waals surface area contributed by atoms with E-state index >= 15 is 0 Å². The molecule has 0 spiro atoms. The fourth-order valence-corrected chi connectivity index (χ4v) is 22.5. The van der Waals surface area contributed by atoms with Gasteiger partial charge < -0.3 is 0 Å². The van der Waals surface area contributed by atoms with Gasteiger partial charge in [0.05, 0.1) is 0 Å². The minimum Gasteiger partial charge on any atom is -0.207 e. The van der Waals surface area contributed by atoms with E-state index in [2.05, 4.69) is 328 Å². The summed E-state index contributed by atoms with van der Waals surface area (Å²) in [5.74, 6) is -1.54. The van der Waals surface area contributed by atoms with Crippen molar-refractivity contribution in [1.82, 2.24) is 0 Å². The molecular weight excluding hydrogens is 1750 g/mol. The first-order valence-electron chi connectivity index (χ1n) is 47.8. The van der Waals surface area contributed by atoms with Crippen LogP contribution in [0.5, 0.6) is 0 Å². The predicted octanol–water partition coefficient (Wildman–Crippen LogP) is 39.2. The molecule has 0 heterocycles. The monoisotopic (exact) mass is 1830 g/mol. The largest absolute Gasteiger partial charge is 0.207 e. The maximum absolute atomic E-state index is 14.3. The third kappa shape index (κ3) is 14.6. The van der Waals surface area contributed by atoms with E-state index in [-0.39, 0.29) is 34.9 Å². The molecule has 0 aliphatic heterocycles. The van der Waals surface area contributed by atoms with Crippen LogP contribution in [0.3, 0.4) is 0 Å². The normalized spacial score (nSPS) is 11.7. The van der Waals surface area contributed by atoms with Crippen molar-refractivity contribution in [3.8, 4) is 134 Å². The Bertz CT molecular complexity index is 9270. The number of rotatable bonds is 12. The van der Waals surface area contributed by atoms with Gasteiger partial charge in [0.2, 0.25) is 0 Å². The Morgan fingerprint density at radius 3 is 0.514 bits per heavy atom. The molecule has 0 saturated carbocycles. The van der Waals surface area contributed by atoms with E-state index in [1.807, 2.05) is 84.9 Å². The minimum atomic E-state index is -0.260. The molecule has 0 amide bonds. The zero-order chi connectivity index (χ0) is 94.9. The van der Waals surface area contributed by atoms with E-state index in [9.17, 15) is 26.3 Å². The highest BCUT2D eigenvalue weighted by molar-refractivity contribution is 6.36. The lowest BCUT2D eigenvalue weighted by atomic mass is 9.81. The average molecular weight is 1830 g/mol. The number of hydrogen-bond acceptors (Lipinski definition) is 0. The highest BCUT2D eigenvalue weighted by Gasteiger charge is 2.28. The molecule has 28 rings (SSSR count). The van der Waals surface area contributed by atoms with Crippen LogP contribution < -0.4 is 0 Å². The van der Waals surface area contributed by atoms with Gasteiger partial charge in [-0.15, -0.1) is 0 Å². The summed E-state index contributed by atoms with van der Waals surface area (Å²) in [5, 5.41) is 30.0. The highest BCUT2D eigenvalue weighted by atomic mass is 19.1. The molecule has 0 aromatic heterocycles. The van der Waals surface area contributed by atoms with Crippen LogP contribution in [0.4, 0.5) is 26.3 Å². The maximum Gasteiger partial charge on any atom is 0.123 e. The van der Waals surface area contributed by atoms with E-state index in [0.29, 0.717) is 0 Å². The molecule has 6 heteroatoms. The van der Waals surface area contributed by atoms with Gasteiger partial charge in [0.1, 0.15) is 34.9 Å².